The minimum absolute atomic E-state index is 0.266. The molecule has 0 aliphatic rings. The molecule has 2 aromatic carbocycles. The molecule has 5 heteroatoms. The average molecular weight is 238 g/mol. The highest BCUT2D eigenvalue weighted by atomic mass is 16.3. The van der Waals surface area contributed by atoms with Crippen molar-refractivity contribution >= 4 is 0 Å². The van der Waals surface area contributed by atoms with Crippen molar-refractivity contribution in [3.8, 4) is 28.3 Å². The van der Waals surface area contributed by atoms with Crippen molar-refractivity contribution in [2.24, 2.45) is 0 Å². The van der Waals surface area contributed by atoms with Gasteiger partial charge in [0.05, 0.1) is 0 Å². The minimum Gasteiger partial charge on any atom is -0.508 e. The van der Waals surface area contributed by atoms with Crippen molar-refractivity contribution in [1.29, 1.82) is 0 Å². The van der Waals surface area contributed by atoms with Gasteiger partial charge in [0, 0.05) is 5.56 Å². The van der Waals surface area contributed by atoms with E-state index in [1.165, 1.54) is 0 Å². The molecule has 5 nitrogen and oxygen atoms in total. The summed E-state index contributed by atoms with van der Waals surface area (Å²) in [6.45, 7) is 0. The molecular weight excluding hydrogens is 228 g/mol. The molecule has 0 spiro atoms. The lowest BCUT2D eigenvalue weighted by Crippen LogP contribution is -1.82. The maximum atomic E-state index is 9.25. The fraction of sp³-hybridized carbons (Fsp3) is 0. The largest absolute Gasteiger partial charge is 0.508 e. The van der Waals surface area contributed by atoms with Crippen LogP contribution in [0.25, 0.3) is 22.5 Å². The number of aromatic nitrogens is 4. The Morgan fingerprint density at radius 2 is 1.33 bits per heavy atom. The molecule has 3 rings (SSSR count). The molecule has 2 N–H and O–H groups in total. The van der Waals surface area contributed by atoms with Gasteiger partial charge < -0.3 is 5.11 Å². The molecule has 0 aliphatic heterocycles. The Labute approximate surface area is 103 Å². The number of benzene rings is 2. The summed E-state index contributed by atoms with van der Waals surface area (Å²) in [5.41, 5.74) is 3.03. The van der Waals surface area contributed by atoms with E-state index in [0.29, 0.717) is 5.82 Å². The summed E-state index contributed by atoms with van der Waals surface area (Å²) in [4.78, 5) is 0. The van der Waals surface area contributed by atoms with Crippen LogP contribution in [-0.4, -0.2) is 25.7 Å². The Kier molecular flexibility index (Phi) is 2.49. The Morgan fingerprint density at radius 3 is 1.89 bits per heavy atom. The second-order valence-corrected chi connectivity index (χ2v) is 3.86. The van der Waals surface area contributed by atoms with Crippen LogP contribution in [0.2, 0.25) is 0 Å². The number of aromatic hydroxyl groups is 1. The average Bonchev–Trinajstić information content (AvgIpc) is 2.94. The van der Waals surface area contributed by atoms with Gasteiger partial charge in [-0.15, -0.1) is 10.2 Å². The quantitative estimate of drug-likeness (QED) is 0.718. The van der Waals surface area contributed by atoms with Gasteiger partial charge in [0.25, 0.3) is 0 Å². The number of aromatic amines is 1. The molecule has 0 atom stereocenters. The maximum absolute atomic E-state index is 9.25. The monoisotopic (exact) mass is 238 g/mol. The highest BCUT2D eigenvalue weighted by molar-refractivity contribution is 5.67. The van der Waals surface area contributed by atoms with Crippen LogP contribution in [0, 0.1) is 0 Å². The summed E-state index contributed by atoms with van der Waals surface area (Å²) in [6, 6.07) is 14.9. The van der Waals surface area contributed by atoms with Crippen LogP contribution < -0.4 is 0 Å². The Balaban J connectivity index is 1.94. The van der Waals surface area contributed by atoms with Gasteiger partial charge >= 0.3 is 0 Å². The zero-order valence-electron chi connectivity index (χ0n) is 9.41. The molecule has 88 valence electrons. The summed E-state index contributed by atoms with van der Waals surface area (Å²) < 4.78 is 0. The maximum Gasteiger partial charge on any atom is 0.204 e. The number of nitrogens with one attached hydrogen (secondary N) is 1. The first-order valence-electron chi connectivity index (χ1n) is 5.46. The first-order chi connectivity index (χ1) is 8.83. The fourth-order valence-electron chi connectivity index (χ4n) is 1.75. The van der Waals surface area contributed by atoms with E-state index in [9.17, 15) is 5.11 Å². The molecular formula is C13H10N4O. The van der Waals surface area contributed by atoms with E-state index in [2.05, 4.69) is 20.6 Å². The van der Waals surface area contributed by atoms with Gasteiger partial charge in [0.1, 0.15) is 5.75 Å². The molecule has 0 unspecified atom stereocenters. The van der Waals surface area contributed by atoms with Gasteiger partial charge in [-0.05, 0) is 28.5 Å². The summed E-state index contributed by atoms with van der Waals surface area (Å²) in [5, 5.41) is 23.0. The van der Waals surface area contributed by atoms with Gasteiger partial charge in [-0.1, -0.05) is 36.4 Å². The van der Waals surface area contributed by atoms with Crippen molar-refractivity contribution in [2.75, 3.05) is 0 Å². The lowest BCUT2D eigenvalue weighted by molar-refractivity contribution is 0.475. The summed E-state index contributed by atoms with van der Waals surface area (Å²) in [5.74, 6) is 0.842. The van der Waals surface area contributed by atoms with E-state index in [0.717, 1.165) is 16.7 Å². The van der Waals surface area contributed by atoms with E-state index in [-0.39, 0.29) is 5.75 Å². The lowest BCUT2D eigenvalue weighted by Gasteiger charge is -2.02. The highest BCUT2D eigenvalue weighted by Gasteiger charge is 2.03. The number of H-pyrrole nitrogens is 1. The van der Waals surface area contributed by atoms with Crippen LogP contribution >= 0.6 is 0 Å². The zero-order chi connectivity index (χ0) is 12.4. The Morgan fingerprint density at radius 1 is 0.778 bits per heavy atom. The van der Waals surface area contributed by atoms with Crippen molar-refractivity contribution in [3.05, 3.63) is 48.5 Å². The molecule has 0 aliphatic carbocycles. The number of hydrogen-bond acceptors (Lipinski definition) is 4. The third-order valence-electron chi connectivity index (χ3n) is 2.69. The van der Waals surface area contributed by atoms with Gasteiger partial charge in [-0.2, -0.15) is 5.21 Å². The minimum atomic E-state index is 0.266. The van der Waals surface area contributed by atoms with E-state index in [4.69, 9.17) is 0 Å². The number of nitrogens with zero attached hydrogens (tertiary/aromatic N) is 3. The number of hydrogen-bond donors (Lipinski definition) is 2. The standard InChI is InChI=1S/C13H10N4O/c18-12-7-5-10(6-8-12)9-1-3-11(4-2-9)13-14-16-17-15-13/h1-8,18H,(H,14,15,16,17). The Hall–Kier alpha value is -2.69. The van der Waals surface area contributed by atoms with Crippen molar-refractivity contribution < 1.29 is 5.11 Å². The molecule has 0 bridgehead atoms. The van der Waals surface area contributed by atoms with Crippen LogP contribution in [0.1, 0.15) is 0 Å². The molecule has 3 aromatic rings. The number of phenolic OH excluding ortho intramolecular Hbond substituents is 1. The highest BCUT2D eigenvalue weighted by Crippen LogP contribution is 2.24. The smallest absolute Gasteiger partial charge is 0.204 e. The van der Waals surface area contributed by atoms with Crippen LogP contribution in [0.3, 0.4) is 0 Å². The van der Waals surface area contributed by atoms with E-state index in [1.54, 1.807) is 12.1 Å². The SMILES string of the molecule is Oc1ccc(-c2ccc(-c3nn[nH]n3)cc2)cc1. The molecule has 0 fully saturated rings. The number of rotatable bonds is 2. The van der Waals surface area contributed by atoms with Crippen LogP contribution in [0.5, 0.6) is 5.75 Å². The van der Waals surface area contributed by atoms with Gasteiger partial charge in [0.15, 0.2) is 0 Å². The van der Waals surface area contributed by atoms with E-state index >= 15 is 0 Å². The molecule has 18 heavy (non-hydrogen) atoms. The van der Waals surface area contributed by atoms with Gasteiger partial charge in [0.2, 0.25) is 5.82 Å². The predicted octanol–water partition coefficient (Wildman–Crippen LogP) is 2.24. The van der Waals surface area contributed by atoms with E-state index in [1.807, 2.05) is 36.4 Å². The molecule has 0 saturated carbocycles. The molecule has 1 heterocycles. The molecule has 0 radical (unpaired) electrons. The van der Waals surface area contributed by atoms with Gasteiger partial charge in [-0.25, -0.2) is 0 Å². The van der Waals surface area contributed by atoms with Crippen LogP contribution in [-0.2, 0) is 0 Å². The Bertz CT molecular complexity index is 630. The zero-order valence-corrected chi connectivity index (χ0v) is 9.41. The van der Waals surface area contributed by atoms with Crippen LogP contribution in [0.15, 0.2) is 48.5 Å². The van der Waals surface area contributed by atoms with Crippen molar-refractivity contribution in [1.82, 2.24) is 20.6 Å². The summed E-state index contributed by atoms with van der Waals surface area (Å²) >= 11 is 0. The molecule has 1 aromatic heterocycles. The molecule has 0 saturated heterocycles. The predicted molar refractivity (Wildman–Crippen MR) is 66.7 cm³/mol. The normalized spacial score (nSPS) is 10.4. The first kappa shape index (κ1) is 10.5. The second kappa shape index (κ2) is 4.29. The summed E-state index contributed by atoms with van der Waals surface area (Å²) in [7, 11) is 0. The third-order valence-corrected chi connectivity index (χ3v) is 2.69. The number of phenols is 1. The van der Waals surface area contributed by atoms with Crippen molar-refractivity contribution in [2.45, 2.75) is 0 Å². The lowest BCUT2D eigenvalue weighted by atomic mass is 10.0. The number of tetrazole rings is 1. The summed E-state index contributed by atoms with van der Waals surface area (Å²) in [6.07, 6.45) is 0. The van der Waals surface area contributed by atoms with Crippen molar-refractivity contribution in [3.63, 3.8) is 0 Å². The van der Waals surface area contributed by atoms with Gasteiger partial charge in [-0.3, -0.25) is 0 Å². The first-order valence-corrected chi connectivity index (χ1v) is 5.46. The fourth-order valence-corrected chi connectivity index (χ4v) is 1.75. The van der Waals surface area contributed by atoms with E-state index < -0.39 is 0 Å². The molecule has 0 amide bonds. The second-order valence-electron chi connectivity index (χ2n) is 3.86. The topological polar surface area (TPSA) is 74.7 Å². The van der Waals surface area contributed by atoms with Crippen LogP contribution in [0.4, 0.5) is 0 Å². The third kappa shape index (κ3) is 1.93.